The zero-order valence-corrected chi connectivity index (χ0v) is 13.3. The van der Waals surface area contributed by atoms with E-state index in [-0.39, 0.29) is 5.78 Å². The summed E-state index contributed by atoms with van der Waals surface area (Å²) in [5.41, 5.74) is 0.814. The summed E-state index contributed by atoms with van der Waals surface area (Å²) in [5.74, 6) is 1.19. The van der Waals surface area contributed by atoms with E-state index in [9.17, 15) is 4.79 Å². The number of benzene rings is 1. The molecule has 0 atom stereocenters. The van der Waals surface area contributed by atoms with Crippen molar-refractivity contribution in [1.82, 2.24) is 9.80 Å². The Labute approximate surface area is 129 Å². The lowest BCUT2D eigenvalue weighted by molar-refractivity contribution is 0.0847. The van der Waals surface area contributed by atoms with Gasteiger partial charge in [0, 0.05) is 42.8 Å². The van der Waals surface area contributed by atoms with E-state index in [1.54, 1.807) is 0 Å². The molecule has 0 unspecified atom stereocenters. The number of Topliss-reactive ketones (excluding diaryl/α,β-unsaturated/α-hetero) is 1. The van der Waals surface area contributed by atoms with Gasteiger partial charge < -0.3 is 4.90 Å². The van der Waals surface area contributed by atoms with Gasteiger partial charge in [-0.25, -0.2) is 0 Å². The second kappa shape index (κ2) is 6.37. The smallest absolute Gasteiger partial charge is 0.176 e. The largest absolute Gasteiger partial charge is 0.301 e. The van der Waals surface area contributed by atoms with Crippen LogP contribution in [0.15, 0.2) is 28.7 Å². The van der Waals surface area contributed by atoms with Gasteiger partial charge in [0.25, 0.3) is 0 Å². The number of ketones is 1. The van der Waals surface area contributed by atoms with Crippen LogP contribution in [-0.4, -0.2) is 54.9 Å². The first kappa shape index (κ1) is 14.2. The van der Waals surface area contributed by atoms with Gasteiger partial charge in [-0.15, -0.1) is 0 Å². The van der Waals surface area contributed by atoms with E-state index in [1.807, 2.05) is 24.3 Å². The van der Waals surface area contributed by atoms with Gasteiger partial charge in [-0.1, -0.05) is 28.1 Å². The first-order valence-corrected chi connectivity index (χ1v) is 8.23. The number of carbonyl (C=O) groups excluding carboxylic acids is 1. The summed E-state index contributed by atoms with van der Waals surface area (Å²) >= 11 is 3.40. The van der Waals surface area contributed by atoms with E-state index in [2.05, 4.69) is 25.7 Å². The molecule has 0 amide bonds. The summed E-state index contributed by atoms with van der Waals surface area (Å²) in [6, 6.07) is 7.66. The molecule has 20 heavy (non-hydrogen) atoms. The first-order valence-electron chi connectivity index (χ1n) is 7.44. The molecule has 0 N–H and O–H groups in total. The molecule has 0 aromatic heterocycles. The fraction of sp³-hybridized carbons (Fsp3) is 0.562. The average molecular weight is 337 g/mol. The van der Waals surface area contributed by atoms with Crippen LogP contribution in [-0.2, 0) is 0 Å². The molecule has 1 saturated heterocycles. The molecule has 1 aromatic carbocycles. The van der Waals surface area contributed by atoms with Gasteiger partial charge in [0.15, 0.2) is 5.78 Å². The third-order valence-electron chi connectivity index (χ3n) is 4.21. The third-order valence-corrected chi connectivity index (χ3v) is 4.74. The number of hydrogen-bond acceptors (Lipinski definition) is 3. The highest BCUT2D eigenvalue weighted by molar-refractivity contribution is 9.10. The number of nitrogens with zero attached hydrogens (tertiary/aromatic N) is 2. The molecule has 4 heteroatoms. The van der Waals surface area contributed by atoms with Gasteiger partial charge in [0.2, 0.25) is 0 Å². The molecule has 0 bridgehead atoms. The van der Waals surface area contributed by atoms with Crippen molar-refractivity contribution in [3.63, 3.8) is 0 Å². The molecular weight excluding hydrogens is 316 g/mol. The summed E-state index contributed by atoms with van der Waals surface area (Å²) in [7, 11) is 0. The Balaban J connectivity index is 1.46. The maximum Gasteiger partial charge on any atom is 0.176 e. The molecule has 108 valence electrons. The normalized spacial score (nSPS) is 21.1. The lowest BCUT2D eigenvalue weighted by atomic mass is 10.1. The van der Waals surface area contributed by atoms with Crippen LogP contribution in [0.1, 0.15) is 23.2 Å². The lowest BCUT2D eigenvalue weighted by Crippen LogP contribution is -2.48. The summed E-state index contributed by atoms with van der Waals surface area (Å²) in [5, 5.41) is 0. The van der Waals surface area contributed by atoms with Crippen molar-refractivity contribution in [2.45, 2.75) is 12.8 Å². The highest BCUT2D eigenvalue weighted by Gasteiger charge is 2.26. The van der Waals surface area contributed by atoms with Crippen LogP contribution < -0.4 is 0 Å². The van der Waals surface area contributed by atoms with Crippen molar-refractivity contribution in [3.05, 3.63) is 34.3 Å². The molecule has 1 aliphatic heterocycles. The summed E-state index contributed by atoms with van der Waals surface area (Å²) in [4.78, 5) is 17.1. The minimum absolute atomic E-state index is 0.230. The molecule has 2 fully saturated rings. The van der Waals surface area contributed by atoms with Crippen molar-refractivity contribution in [2.24, 2.45) is 5.92 Å². The van der Waals surface area contributed by atoms with Crippen molar-refractivity contribution < 1.29 is 4.79 Å². The molecule has 3 nitrogen and oxygen atoms in total. The molecule has 1 aromatic rings. The van der Waals surface area contributed by atoms with Gasteiger partial charge in [0.1, 0.15) is 0 Å². The van der Waals surface area contributed by atoms with Crippen molar-refractivity contribution in [3.8, 4) is 0 Å². The fourth-order valence-corrected chi connectivity index (χ4v) is 2.99. The molecule has 0 spiro atoms. The zero-order chi connectivity index (χ0) is 13.9. The number of piperazine rings is 1. The topological polar surface area (TPSA) is 23.6 Å². The predicted octanol–water partition coefficient (Wildman–Crippen LogP) is 2.66. The quantitative estimate of drug-likeness (QED) is 0.772. The third kappa shape index (κ3) is 3.90. The molecular formula is C16H21BrN2O. The maximum atomic E-state index is 12.2. The highest BCUT2D eigenvalue weighted by Crippen LogP contribution is 2.29. The average Bonchev–Trinajstić information content (AvgIpc) is 3.26. The Hall–Kier alpha value is -0.710. The van der Waals surface area contributed by atoms with Crippen LogP contribution in [0.25, 0.3) is 0 Å². The summed E-state index contributed by atoms with van der Waals surface area (Å²) in [6.07, 6.45) is 2.84. The minimum Gasteiger partial charge on any atom is -0.301 e. The van der Waals surface area contributed by atoms with Gasteiger partial charge in [-0.2, -0.15) is 0 Å². The molecule has 1 heterocycles. The fourth-order valence-electron chi connectivity index (χ4n) is 2.73. The summed E-state index contributed by atoms with van der Waals surface area (Å²) in [6.45, 7) is 6.10. The highest BCUT2D eigenvalue weighted by atomic mass is 79.9. The van der Waals surface area contributed by atoms with E-state index >= 15 is 0 Å². The number of halogens is 1. The van der Waals surface area contributed by atoms with E-state index in [0.29, 0.717) is 6.54 Å². The SMILES string of the molecule is O=C(CN1CCN(CC2CC2)CC1)c1ccc(Br)cc1. The van der Waals surface area contributed by atoms with Crippen LogP contribution in [0.2, 0.25) is 0 Å². The monoisotopic (exact) mass is 336 g/mol. The Morgan fingerprint density at radius 3 is 2.25 bits per heavy atom. The molecule has 0 radical (unpaired) electrons. The second-order valence-corrected chi connectivity index (χ2v) is 6.87. The van der Waals surface area contributed by atoms with Crippen molar-refractivity contribution in [1.29, 1.82) is 0 Å². The van der Waals surface area contributed by atoms with E-state index in [1.165, 1.54) is 19.4 Å². The maximum absolute atomic E-state index is 12.2. The Morgan fingerprint density at radius 1 is 1.05 bits per heavy atom. The molecule has 3 rings (SSSR count). The van der Waals surface area contributed by atoms with Crippen molar-refractivity contribution >= 4 is 21.7 Å². The van der Waals surface area contributed by atoms with Gasteiger partial charge >= 0.3 is 0 Å². The molecule has 1 aliphatic carbocycles. The van der Waals surface area contributed by atoms with Crippen LogP contribution in [0.3, 0.4) is 0 Å². The van der Waals surface area contributed by atoms with Crippen LogP contribution in [0.4, 0.5) is 0 Å². The van der Waals surface area contributed by atoms with E-state index in [4.69, 9.17) is 0 Å². The molecule has 2 aliphatic rings. The molecule has 1 saturated carbocycles. The Bertz CT molecular complexity index is 462. The number of carbonyl (C=O) groups is 1. The van der Waals surface area contributed by atoms with Gasteiger partial charge in [-0.05, 0) is 30.9 Å². The van der Waals surface area contributed by atoms with Gasteiger partial charge in [0.05, 0.1) is 6.54 Å². The van der Waals surface area contributed by atoms with Crippen molar-refractivity contribution in [2.75, 3.05) is 39.3 Å². The zero-order valence-electron chi connectivity index (χ0n) is 11.7. The number of rotatable bonds is 5. The minimum atomic E-state index is 0.230. The lowest BCUT2D eigenvalue weighted by Gasteiger charge is -2.34. The number of hydrogen-bond donors (Lipinski definition) is 0. The second-order valence-electron chi connectivity index (χ2n) is 5.95. The first-order chi connectivity index (χ1) is 9.70. The van der Waals surface area contributed by atoms with Crippen LogP contribution >= 0.6 is 15.9 Å². The Kier molecular flexibility index (Phi) is 4.54. The van der Waals surface area contributed by atoms with E-state index < -0.39 is 0 Å². The predicted molar refractivity (Wildman–Crippen MR) is 84.1 cm³/mol. The summed E-state index contributed by atoms with van der Waals surface area (Å²) < 4.78 is 1.02. The standard InChI is InChI=1S/C16H21BrN2O/c17-15-5-3-14(4-6-15)16(20)12-19-9-7-18(8-10-19)11-13-1-2-13/h3-6,13H,1-2,7-12H2. The Morgan fingerprint density at radius 2 is 1.65 bits per heavy atom. The van der Waals surface area contributed by atoms with E-state index in [0.717, 1.165) is 42.1 Å². The van der Waals surface area contributed by atoms with Crippen LogP contribution in [0, 0.1) is 5.92 Å². The van der Waals surface area contributed by atoms with Gasteiger partial charge in [-0.3, -0.25) is 9.69 Å². The van der Waals surface area contributed by atoms with Crippen LogP contribution in [0.5, 0.6) is 0 Å².